The number of rotatable bonds is 4. The molecule has 0 bridgehead atoms. The van der Waals surface area contributed by atoms with Gasteiger partial charge in [-0.25, -0.2) is 0 Å². The highest BCUT2D eigenvalue weighted by atomic mass is 16.5. The average Bonchev–Trinajstić information content (AvgIpc) is 2.46. The van der Waals surface area contributed by atoms with Crippen LogP contribution in [0.3, 0.4) is 0 Å². The molecule has 1 aliphatic heterocycles. The molecule has 19 heavy (non-hydrogen) atoms. The molecule has 0 spiro atoms. The van der Waals surface area contributed by atoms with E-state index in [0.717, 1.165) is 51.9 Å². The molecule has 1 N–H and O–H groups in total. The third-order valence-electron chi connectivity index (χ3n) is 4.26. The minimum atomic E-state index is 0.0347. The first-order valence-corrected chi connectivity index (χ1v) is 7.78. The third kappa shape index (κ3) is 4.46. The molecule has 2 aliphatic rings. The maximum absolute atomic E-state index is 11.9. The molecule has 0 amide bonds. The Morgan fingerprint density at radius 3 is 2.42 bits per heavy atom. The molecule has 0 atom stereocenters. The minimum absolute atomic E-state index is 0.0347. The van der Waals surface area contributed by atoms with Crippen LogP contribution in [-0.2, 0) is 9.53 Å². The minimum Gasteiger partial charge on any atom is -0.465 e. The van der Waals surface area contributed by atoms with Crippen molar-refractivity contribution in [3.8, 4) is 0 Å². The van der Waals surface area contributed by atoms with E-state index in [9.17, 15) is 4.79 Å². The zero-order valence-electron chi connectivity index (χ0n) is 12.4. The van der Waals surface area contributed by atoms with Crippen LogP contribution >= 0.6 is 0 Å². The summed E-state index contributed by atoms with van der Waals surface area (Å²) < 4.78 is 5.36. The van der Waals surface area contributed by atoms with Crippen molar-refractivity contribution in [3.05, 3.63) is 0 Å². The van der Waals surface area contributed by atoms with E-state index in [-0.39, 0.29) is 11.9 Å². The van der Waals surface area contributed by atoms with E-state index in [4.69, 9.17) is 4.74 Å². The van der Waals surface area contributed by atoms with Gasteiger partial charge in [0.1, 0.15) is 0 Å². The molecule has 0 aromatic rings. The lowest BCUT2D eigenvalue weighted by Crippen LogP contribution is -2.49. The van der Waals surface area contributed by atoms with Crippen LogP contribution in [-0.4, -0.2) is 49.7 Å². The summed E-state index contributed by atoms with van der Waals surface area (Å²) in [5.41, 5.74) is 0. The zero-order chi connectivity index (χ0) is 13.7. The van der Waals surface area contributed by atoms with Crippen molar-refractivity contribution in [1.82, 2.24) is 10.2 Å². The van der Waals surface area contributed by atoms with E-state index in [1.807, 2.05) is 0 Å². The molecule has 4 nitrogen and oxygen atoms in total. The van der Waals surface area contributed by atoms with Crippen LogP contribution in [0.4, 0.5) is 0 Å². The number of hydrogen-bond acceptors (Lipinski definition) is 4. The molecule has 2 rings (SSSR count). The Hall–Kier alpha value is -0.610. The SMILES string of the molecule is CC(C)COC(=O)C1CCC(N2CCNCC2)CC1. The summed E-state index contributed by atoms with van der Waals surface area (Å²) in [5, 5.41) is 3.39. The summed E-state index contributed by atoms with van der Waals surface area (Å²) in [4.78, 5) is 14.5. The van der Waals surface area contributed by atoms with Gasteiger partial charge in [-0.1, -0.05) is 13.8 Å². The lowest BCUT2D eigenvalue weighted by atomic mass is 9.85. The second-order valence-corrected chi connectivity index (χ2v) is 6.32. The molecule has 0 radical (unpaired) electrons. The van der Waals surface area contributed by atoms with Crippen molar-refractivity contribution in [3.63, 3.8) is 0 Å². The van der Waals surface area contributed by atoms with Gasteiger partial charge < -0.3 is 10.1 Å². The molecule has 0 aromatic carbocycles. The van der Waals surface area contributed by atoms with Gasteiger partial charge >= 0.3 is 5.97 Å². The maximum atomic E-state index is 11.9. The lowest BCUT2D eigenvalue weighted by molar-refractivity contribution is -0.151. The first-order valence-electron chi connectivity index (χ1n) is 7.78. The Balaban J connectivity index is 1.70. The Labute approximate surface area is 116 Å². The van der Waals surface area contributed by atoms with E-state index in [1.165, 1.54) is 0 Å². The Bertz CT molecular complexity index is 280. The molecule has 2 fully saturated rings. The van der Waals surface area contributed by atoms with Crippen LogP contribution in [0.2, 0.25) is 0 Å². The fourth-order valence-corrected chi connectivity index (χ4v) is 3.09. The van der Waals surface area contributed by atoms with Gasteiger partial charge in [0.25, 0.3) is 0 Å². The van der Waals surface area contributed by atoms with Gasteiger partial charge in [0.05, 0.1) is 12.5 Å². The second kappa shape index (κ2) is 7.25. The van der Waals surface area contributed by atoms with Gasteiger partial charge in [-0.3, -0.25) is 9.69 Å². The number of carbonyl (C=O) groups is 1. The van der Waals surface area contributed by atoms with E-state index in [0.29, 0.717) is 18.6 Å². The standard InChI is InChI=1S/C15H28N2O2/c1-12(2)11-19-15(18)13-3-5-14(6-4-13)17-9-7-16-8-10-17/h12-14,16H,3-11H2,1-2H3. The van der Waals surface area contributed by atoms with Crippen molar-refractivity contribution >= 4 is 5.97 Å². The summed E-state index contributed by atoms with van der Waals surface area (Å²) in [6.07, 6.45) is 4.32. The highest BCUT2D eigenvalue weighted by Crippen LogP contribution is 2.28. The molecule has 0 unspecified atom stereocenters. The lowest BCUT2D eigenvalue weighted by Gasteiger charge is -2.38. The number of nitrogens with zero attached hydrogens (tertiary/aromatic N) is 1. The number of carbonyl (C=O) groups excluding carboxylic acids is 1. The Morgan fingerprint density at radius 1 is 1.21 bits per heavy atom. The smallest absolute Gasteiger partial charge is 0.308 e. The summed E-state index contributed by atoms with van der Waals surface area (Å²) in [6.45, 7) is 9.26. The number of piperazine rings is 1. The first-order chi connectivity index (χ1) is 9.16. The van der Waals surface area contributed by atoms with Crippen LogP contribution in [0, 0.1) is 11.8 Å². The summed E-state index contributed by atoms with van der Waals surface area (Å²) in [7, 11) is 0. The molecule has 1 aliphatic carbocycles. The van der Waals surface area contributed by atoms with Crippen LogP contribution in [0.1, 0.15) is 39.5 Å². The van der Waals surface area contributed by atoms with Crippen LogP contribution < -0.4 is 5.32 Å². The predicted molar refractivity (Wildman–Crippen MR) is 76.0 cm³/mol. The van der Waals surface area contributed by atoms with Gasteiger partial charge in [-0.05, 0) is 31.6 Å². The van der Waals surface area contributed by atoms with Gasteiger partial charge in [0.2, 0.25) is 0 Å². The normalized spacial score (nSPS) is 29.4. The van der Waals surface area contributed by atoms with E-state index < -0.39 is 0 Å². The van der Waals surface area contributed by atoms with Crippen LogP contribution in [0.25, 0.3) is 0 Å². The Kier molecular flexibility index (Phi) is 5.64. The molecule has 110 valence electrons. The number of esters is 1. The van der Waals surface area contributed by atoms with Crippen LogP contribution in [0.15, 0.2) is 0 Å². The molecule has 1 heterocycles. The molecule has 4 heteroatoms. The fourth-order valence-electron chi connectivity index (χ4n) is 3.09. The van der Waals surface area contributed by atoms with Gasteiger partial charge in [-0.2, -0.15) is 0 Å². The maximum Gasteiger partial charge on any atom is 0.308 e. The molecular formula is C15H28N2O2. The van der Waals surface area contributed by atoms with E-state index in [1.54, 1.807) is 0 Å². The number of nitrogens with one attached hydrogen (secondary N) is 1. The van der Waals surface area contributed by atoms with Crippen molar-refractivity contribution in [2.75, 3.05) is 32.8 Å². The first kappa shape index (κ1) is 14.8. The van der Waals surface area contributed by atoms with E-state index in [2.05, 4.69) is 24.1 Å². The van der Waals surface area contributed by atoms with Gasteiger partial charge in [0.15, 0.2) is 0 Å². The fraction of sp³-hybridized carbons (Fsp3) is 0.933. The predicted octanol–water partition coefficient (Wildman–Crippen LogP) is 1.65. The summed E-state index contributed by atoms with van der Waals surface area (Å²) in [5.74, 6) is 0.617. The van der Waals surface area contributed by atoms with Crippen LogP contribution in [0.5, 0.6) is 0 Å². The number of hydrogen-bond donors (Lipinski definition) is 1. The quantitative estimate of drug-likeness (QED) is 0.787. The summed E-state index contributed by atoms with van der Waals surface area (Å²) in [6, 6.07) is 0.691. The zero-order valence-corrected chi connectivity index (χ0v) is 12.4. The molecule has 1 saturated heterocycles. The summed E-state index contributed by atoms with van der Waals surface area (Å²) >= 11 is 0. The topological polar surface area (TPSA) is 41.6 Å². The van der Waals surface area contributed by atoms with Gasteiger partial charge in [-0.15, -0.1) is 0 Å². The largest absolute Gasteiger partial charge is 0.465 e. The second-order valence-electron chi connectivity index (χ2n) is 6.32. The van der Waals surface area contributed by atoms with Crippen molar-refractivity contribution in [1.29, 1.82) is 0 Å². The van der Waals surface area contributed by atoms with E-state index >= 15 is 0 Å². The Morgan fingerprint density at radius 2 is 1.84 bits per heavy atom. The van der Waals surface area contributed by atoms with Crippen molar-refractivity contribution in [2.24, 2.45) is 11.8 Å². The monoisotopic (exact) mass is 268 g/mol. The molecule has 1 saturated carbocycles. The third-order valence-corrected chi connectivity index (χ3v) is 4.26. The number of ether oxygens (including phenoxy) is 1. The van der Waals surface area contributed by atoms with Crippen molar-refractivity contribution < 1.29 is 9.53 Å². The molecular weight excluding hydrogens is 240 g/mol. The van der Waals surface area contributed by atoms with Gasteiger partial charge in [0, 0.05) is 32.2 Å². The highest BCUT2D eigenvalue weighted by Gasteiger charge is 2.30. The molecule has 0 aromatic heterocycles. The average molecular weight is 268 g/mol. The van der Waals surface area contributed by atoms with Crippen molar-refractivity contribution in [2.45, 2.75) is 45.6 Å². The highest BCUT2D eigenvalue weighted by molar-refractivity contribution is 5.72.